The van der Waals surface area contributed by atoms with Gasteiger partial charge in [-0.05, 0) is 0 Å². The van der Waals surface area contributed by atoms with Gasteiger partial charge in [-0.3, -0.25) is 0 Å². The molecule has 0 bridgehead atoms. The maximum atomic E-state index is 5.34. The Kier molecular flexibility index (Phi) is 1.64. The Balaban J connectivity index is 2.29. The number of benzene rings is 1. The summed E-state index contributed by atoms with van der Waals surface area (Å²) in [6.07, 6.45) is 4.09. The van der Waals surface area contributed by atoms with Gasteiger partial charge in [0.15, 0.2) is 0 Å². The molecule has 55 valence electrons. The summed E-state index contributed by atoms with van der Waals surface area (Å²) in [5.74, 6) is 0.908. The average Bonchev–Trinajstić information content (AvgIpc) is 2.58. The monoisotopic (exact) mass is 145 g/mol. The van der Waals surface area contributed by atoms with Gasteiger partial charge in [0.1, 0.15) is 5.76 Å². The number of ether oxygens (including phenoxy) is 1. The summed E-state index contributed by atoms with van der Waals surface area (Å²) >= 11 is 0. The number of hydrogen-bond acceptors (Lipinski definition) is 1. The van der Waals surface area contributed by atoms with Crippen LogP contribution >= 0.6 is 0 Å². The highest BCUT2D eigenvalue weighted by Crippen LogP contribution is 2.19. The minimum Gasteiger partial charge on any atom is -0.492 e. The zero-order valence-electron chi connectivity index (χ0n) is 6.21. The van der Waals surface area contributed by atoms with Crippen molar-refractivity contribution in [2.24, 2.45) is 0 Å². The molecule has 0 spiro atoms. The summed E-state index contributed by atoms with van der Waals surface area (Å²) in [4.78, 5) is 0. The molecule has 0 atom stereocenters. The molecule has 11 heavy (non-hydrogen) atoms. The molecule has 1 heteroatoms. The van der Waals surface area contributed by atoms with Crippen LogP contribution in [0.4, 0.5) is 0 Å². The number of hydrogen-bond donors (Lipinski definition) is 0. The summed E-state index contributed by atoms with van der Waals surface area (Å²) in [6, 6.07) is 10.1. The second kappa shape index (κ2) is 2.79. The van der Waals surface area contributed by atoms with Gasteiger partial charge in [-0.2, -0.15) is 0 Å². The van der Waals surface area contributed by atoms with Crippen molar-refractivity contribution in [1.29, 1.82) is 0 Å². The normalized spacial score (nSPS) is 15.8. The Hall–Kier alpha value is -1.24. The van der Waals surface area contributed by atoms with Gasteiger partial charge in [-0.25, -0.2) is 0 Å². The Morgan fingerprint density at radius 3 is 2.64 bits per heavy atom. The van der Waals surface area contributed by atoms with Gasteiger partial charge in [-0.15, -0.1) is 0 Å². The molecular weight excluding hydrogens is 136 g/mol. The van der Waals surface area contributed by atoms with E-state index >= 15 is 0 Å². The van der Waals surface area contributed by atoms with Crippen LogP contribution in [-0.2, 0) is 4.74 Å². The van der Waals surface area contributed by atoms with Crippen molar-refractivity contribution in [3.8, 4) is 0 Å². The lowest BCUT2D eigenvalue weighted by atomic mass is 10.2. The Bertz CT molecular complexity index is 261. The third-order valence-electron chi connectivity index (χ3n) is 1.67. The smallest absolute Gasteiger partial charge is 0.130 e. The van der Waals surface area contributed by atoms with Gasteiger partial charge < -0.3 is 4.74 Å². The molecule has 0 unspecified atom stereocenters. The van der Waals surface area contributed by atoms with Crippen molar-refractivity contribution < 1.29 is 4.74 Å². The minimum atomic E-state index is 0.782. The van der Waals surface area contributed by atoms with E-state index in [9.17, 15) is 0 Å². The molecule has 1 aliphatic heterocycles. The summed E-state index contributed by atoms with van der Waals surface area (Å²) in [6.45, 7) is 0.782. The molecule has 1 radical (unpaired) electrons. The first-order valence-electron chi connectivity index (χ1n) is 3.76. The van der Waals surface area contributed by atoms with Gasteiger partial charge in [-0.1, -0.05) is 30.3 Å². The highest BCUT2D eigenvalue weighted by atomic mass is 16.5. The van der Waals surface area contributed by atoms with Crippen LogP contribution in [-0.4, -0.2) is 6.61 Å². The first-order chi connectivity index (χ1) is 5.47. The maximum Gasteiger partial charge on any atom is 0.130 e. The van der Waals surface area contributed by atoms with E-state index in [-0.39, 0.29) is 0 Å². The van der Waals surface area contributed by atoms with Crippen molar-refractivity contribution in [2.75, 3.05) is 6.61 Å². The van der Waals surface area contributed by atoms with E-state index in [2.05, 4.69) is 6.08 Å². The molecular formula is C10H9O. The molecule has 1 aliphatic rings. The standard InChI is InChI=1S/C10H9O/c1-2-5-9(6-3-1)10-7-4-8-11-10/h1-3,5-6H,4,8H2. The predicted molar refractivity (Wildman–Crippen MR) is 43.7 cm³/mol. The summed E-state index contributed by atoms with van der Waals surface area (Å²) < 4.78 is 5.34. The molecule has 2 rings (SSSR count). The predicted octanol–water partition coefficient (Wildman–Crippen LogP) is 2.25. The first kappa shape index (κ1) is 6.47. The molecule has 1 aromatic carbocycles. The molecule has 0 fully saturated rings. The Morgan fingerprint density at radius 1 is 1.18 bits per heavy atom. The Labute approximate surface area is 66.3 Å². The van der Waals surface area contributed by atoms with Crippen molar-refractivity contribution in [3.63, 3.8) is 0 Å². The summed E-state index contributed by atoms with van der Waals surface area (Å²) in [5.41, 5.74) is 1.13. The zero-order chi connectivity index (χ0) is 7.52. The van der Waals surface area contributed by atoms with E-state index < -0.39 is 0 Å². The molecule has 0 N–H and O–H groups in total. The molecule has 1 aromatic rings. The van der Waals surface area contributed by atoms with Crippen LogP contribution < -0.4 is 0 Å². The van der Waals surface area contributed by atoms with E-state index in [4.69, 9.17) is 4.74 Å². The third kappa shape index (κ3) is 1.27. The highest BCUT2D eigenvalue weighted by Gasteiger charge is 2.06. The summed E-state index contributed by atoms with van der Waals surface area (Å²) in [7, 11) is 0. The highest BCUT2D eigenvalue weighted by molar-refractivity contribution is 5.58. The molecule has 1 heterocycles. The second-order valence-electron chi connectivity index (χ2n) is 2.47. The third-order valence-corrected chi connectivity index (χ3v) is 1.67. The van der Waals surface area contributed by atoms with Gasteiger partial charge >= 0.3 is 0 Å². The fraction of sp³-hybridized carbons (Fsp3) is 0.200. The van der Waals surface area contributed by atoms with Crippen LogP contribution in [0.2, 0.25) is 0 Å². The van der Waals surface area contributed by atoms with E-state index in [0.717, 1.165) is 24.4 Å². The fourth-order valence-electron chi connectivity index (χ4n) is 1.14. The van der Waals surface area contributed by atoms with E-state index in [0.29, 0.717) is 0 Å². The van der Waals surface area contributed by atoms with Crippen LogP contribution in [0.5, 0.6) is 0 Å². The fourth-order valence-corrected chi connectivity index (χ4v) is 1.14. The largest absolute Gasteiger partial charge is 0.492 e. The molecule has 0 aromatic heterocycles. The number of rotatable bonds is 1. The van der Waals surface area contributed by atoms with Gasteiger partial charge in [0.2, 0.25) is 0 Å². The lowest BCUT2D eigenvalue weighted by Crippen LogP contribution is -1.84. The topological polar surface area (TPSA) is 9.23 Å². The first-order valence-corrected chi connectivity index (χ1v) is 3.76. The SMILES string of the molecule is [C]1=C(c2ccccc2)OCC1. The molecule has 1 nitrogen and oxygen atoms in total. The molecule has 0 saturated carbocycles. The maximum absolute atomic E-state index is 5.34. The molecule has 0 amide bonds. The molecule has 0 saturated heterocycles. The molecule has 0 aliphatic carbocycles. The minimum absolute atomic E-state index is 0.782. The lowest BCUT2D eigenvalue weighted by molar-refractivity contribution is 0.307. The van der Waals surface area contributed by atoms with Crippen molar-refractivity contribution in [1.82, 2.24) is 0 Å². The average molecular weight is 145 g/mol. The van der Waals surface area contributed by atoms with Crippen LogP contribution in [0, 0.1) is 6.08 Å². The second-order valence-corrected chi connectivity index (χ2v) is 2.47. The van der Waals surface area contributed by atoms with Gasteiger partial charge in [0.05, 0.1) is 6.61 Å². The van der Waals surface area contributed by atoms with Gasteiger partial charge in [0, 0.05) is 18.1 Å². The van der Waals surface area contributed by atoms with E-state index in [1.807, 2.05) is 30.3 Å². The Morgan fingerprint density at radius 2 is 2.00 bits per heavy atom. The van der Waals surface area contributed by atoms with E-state index in [1.165, 1.54) is 0 Å². The van der Waals surface area contributed by atoms with Crippen LogP contribution in [0.1, 0.15) is 12.0 Å². The quantitative estimate of drug-likeness (QED) is 0.589. The van der Waals surface area contributed by atoms with Gasteiger partial charge in [0.25, 0.3) is 0 Å². The van der Waals surface area contributed by atoms with Crippen LogP contribution in [0.15, 0.2) is 30.3 Å². The van der Waals surface area contributed by atoms with Crippen LogP contribution in [0.3, 0.4) is 0 Å². The van der Waals surface area contributed by atoms with Crippen molar-refractivity contribution in [3.05, 3.63) is 42.0 Å². The van der Waals surface area contributed by atoms with Crippen molar-refractivity contribution in [2.45, 2.75) is 6.42 Å². The van der Waals surface area contributed by atoms with E-state index in [1.54, 1.807) is 0 Å². The lowest BCUT2D eigenvalue weighted by Gasteiger charge is -2.01. The zero-order valence-corrected chi connectivity index (χ0v) is 6.21. The van der Waals surface area contributed by atoms with Crippen molar-refractivity contribution >= 4 is 5.76 Å². The summed E-state index contributed by atoms with van der Waals surface area (Å²) in [5, 5.41) is 0. The van der Waals surface area contributed by atoms with Crippen LogP contribution in [0.25, 0.3) is 5.76 Å².